The lowest BCUT2D eigenvalue weighted by molar-refractivity contribution is 0.130. The maximum absolute atomic E-state index is 3.42. The van der Waals surface area contributed by atoms with Gasteiger partial charge in [-0.25, -0.2) is 0 Å². The Morgan fingerprint density at radius 3 is 2.19 bits per heavy atom. The number of aryl methyl sites for hydroxylation is 2. The SMILES string of the molecule is CNCC1CCC(C(C)(C)C)CC1c1cc(C)cc(C)c1. The van der Waals surface area contributed by atoms with E-state index in [4.69, 9.17) is 0 Å². The fourth-order valence-electron chi connectivity index (χ4n) is 4.16. The zero-order chi connectivity index (χ0) is 15.6. The van der Waals surface area contributed by atoms with Crippen molar-refractivity contribution >= 4 is 0 Å². The van der Waals surface area contributed by atoms with Gasteiger partial charge in [-0.2, -0.15) is 0 Å². The Hall–Kier alpha value is -0.820. The molecule has 1 aromatic carbocycles. The van der Waals surface area contributed by atoms with Crippen LogP contribution in [-0.4, -0.2) is 13.6 Å². The average molecular weight is 287 g/mol. The summed E-state index contributed by atoms with van der Waals surface area (Å²) in [4.78, 5) is 0. The maximum atomic E-state index is 3.42. The molecule has 0 saturated heterocycles. The smallest absolute Gasteiger partial charge is 0.00177 e. The number of hydrogen-bond acceptors (Lipinski definition) is 1. The second-order valence-corrected chi connectivity index (χ2v) is 8.22. The fraction of sp³-hybridized carbons (Fsp3) is 0.700. The standard InChI is InChI=1S/C20H33N/c1-14-9-15(2)11-17(10-14)19-12-18(20(3,4)5)8-7-16(19)13-21-6/h9-11,16,18-19,21H,7-8,12-13H2,1-6H3. The van der Waals surface area contributed by atoms with Gasteiger partial charge >= 0.3 is 0 Å². The Balaban J connectivity index is 2.29. The molecule has 0 radical (unpaired) electrons. The maximum Gasteiger partial charge on any atom is -0.00177 e. The molecule has 1 nitrogen and oxygen atoms in total. The fourth-order valence-corrected chi connectivity index (χ4v) is 4.16. The van der Waals surface area contributed by atoms with Gasteiger partial charge in [0.25, 0.3) is 0 Å². The molecule has 21 heavy (non-hydrogen) atoms. The Labute approximate surface area is 131 Å². The summed E-state index contributed by atoms with van der Waals surface area (Å²) in [5, 5.41) is 3.42. The summed E-state index contributed by atoms with van der Waals surface area (Å²) in [6.45, 7) is 12.8. The first-order valence-corrected chi connectivity index (χ1v) is 8.54. The highest BCUT2D eigenvalue weighted by Crippen LogP contribution is 2.46. The monoisotopic (exact) mass is 287 g/mol. The summed E-state index contributed by atoms with van der Waals surface area (Å²) in [5.74, 6) is 2.35. The zero-order valence-electron chi connectivity index (χ0n) is 14.8. The van der Waals surface area contributed by atoms with E-state index in [1.807, 2.05) is 0 Å². The largest absolute Gasteiger partial charge is 0.319 e. The summed E-state index contributed by atoms with van der Waals surface area (Å²) in [5.41, 5.74) is 4.82. The topological polar surface area (TPSA) is 12.0 Å². The second kappa shape index (κ2) is 6.52. The van der Waals surface area contributed by atoms with Crippen LogP contribution < -0.4 is 5.32 Å². The molecule has 118 valence electrons. The van der Waals surface area contributed by atoms with E-state index in [0.29, 0.717) is 11.3 Å². The van der Waals surface area contributed by atoms with Crippen molar-refractivity contribution in [3.63, 3.8) is 0 Å². The molecule has 1 aromatic rings. The van der Waals surface area contributed by atoms with Crippen molar-refractivity contribution in [2.75, 3.05) is 13.6 Å². The van der Waals surface area contributed by atoms with E-state index in [9.17, 15) is 0 Å². The molecule has 0 amide bonds. The molecular weight excluding hydrogens is 254 g/mol. The third-order valence-electron chi connectivity index (χ3n) is 5.36. The van der Waals surface area contributed by atoms with Gasteiger partial charge in [0.15, 0.2) is 0 Å². The Kier molecular flexibility index (Phi) is 5.14. The van der Waals surface area contributed by atoms with Gasteiger partial charge < -0.3 is 5.32 Å². The molecule has 0 aliphatic heterocycles. The van der Waals surface area contributed by atoms with Gasteiger partial charge in [0.2, 0.25) is 0 Å². The lowest BCUT2D eigenvalue weighted by Gasteiger charge is -2.42. The molecule has 0 aromatic heterocycles. The van der Waals surface area contributed by atoms with Crippen molar-refractivity contribution in [1.29, 1.82) is 0 Å². The number of rotatable bonds is 3. The minimum Gasteiger partial charge on any atom is -0.319 e. The highest BCUT2D eigenvalue weighted by Gasteiger charge is 2.36. The zero-order valence-corrected chi connectivity index (χ0v) is 14.8. The number of benzene rings is 1. The number of hydrogen-bond donors (Lipinski definition) is 1. The molecular formula is C20H33N. The van der Waals surface area contributed by atoms with Crippen LogP contribution in [0.3, 0.4) is 0 Å². The molecule has 1 aliphatic carbocycles. The summed E-state index contributed by atoms with van der Waals surface area (Å²) >= 11 is 0. The minimum absolute atomic E-state index is 0.432. The molecule has 1 N–H and O–H groups in total. The molecule has 1 fully saturated rings. The molecule has 0 spiro atoms. The molecule has 1 heteroatoms. The molecule has 1 saturated carbocycles. The van der Waals surface area contributed by atoms with Crippen LogP contribution >= 0.6 is 0 Å². The predicted molar refractivity (Wildman–Crippen MR) is 92.9 cm³/mol. The summed E-state index contributed by atoms with van der Waals surface area (Å²) in [6, 6.07) is 7.14. The van der Waals surface area contributed by atoms with Crippen LogP contribution in [0.25, 0.3) is 0 Å². The Morgan fingerprint density at radius 2 is 1.67 bits per heavy atom. The van der Waals surface area contributed by atoms with Crippen molar-refractivity contribution in [3.8, 4) is 0 Å². The minimum atomic E-state index is 0.432. The predicted octanol–water partition coefficient (Wildman–Crippen LogP) is 5.07. The first-order valence-electron chi connectivity index (χ1n) is 8.54. The van der Waals surface area contributed by atoms with Gasteiger partial charge in [-0.05, 0) is 75.4 Å². The van der Waals surface area contributed by atoms with Gasteiger partial charge in [0, 0.05) is 0 Å². The van der Waals surface area contributed by atoms with Crippen LogP contribution in [0.1, 0.15) is 62.6 Å². The highest BCUT2D eigenvalue weighted by molar-refractivity contribution is 5.32. The van der Waals surface area contributed by atoms with Gasteiger partial charge in [0.1, 0.15) is 0 Å². The van der Waals surface area contributed by atoms with Crippen LogP contribution in [0.15, 0.2) is 18.2 Å². The molecule has 2 rings (SSSR count). The van der Waals surface area contributed by atoms with E-state index < -0.39 is 0 Å². The van der Waals surface area contributed by atoms with E-state index >= 15 is 0 Å². The summed E-state index contributed by atoms with van der Waals surface area (Å²) in [6.07, 6.45) is 4.09. The first kappa shape index (κ1) is 16.5. The molecule has 0 bridgehead atoms. The van der Waals surface area contributed by atoms with Crippen molar-refractivity contribution < 1.29 is 0 Å². The lowest BCUT2D eigenvalue weighted by atomic mass is 9.64. The third kappa shape index (κ3) is 4.10. The molecule has 0 heterocycles. The van der Waals surface area contributed by atoms with Gasteiger partial charge in [0.05, 0.1) is 0 Å². The second-order valence-electron chi connectivity index (χ2n) is 8.22. The van der Waals surface area contributed by atoms with Gasteiger partial charge in [-0.15, -0.1) is 0 Å². The summed E-state index contributed by atoms with van der Waals surface area (Å²) in [7, 11) is 2.09. The molecule has 3 atom stereocenters. The molecule has 1 aliphatic rings. The van der Waals surface area contributed by atoms with Crippen LogP contribution in [0.2, 0.25) is 0 Å². The highest BCUT2D eigenvalue weighted by atomic mass is 14.8. The van der Waals surface area contributed by atoms with Crippen molar-refractivity contribution in [2.45, 2.75) is 59.8 Å². The number of nitrogens with one attached hydrogen (secondary N) is 1. The van der Waals surface area contributed by atoms with E-state index in [2.05, 4.69) is 65.2 Å². The van der Waals surface area contributed by atoms with E-state index in [1.165, 1.54) is 30.4 Å². The van der Waals surface area contributed by atoms with Crippen molar-refractivity contribution in [3.05, 3.63) is 34.9 Å². The van der Waals surface area contributed by atoms with Gasteiger partial charge in [-0.3, -0.25) is 0 Å². The van der Waals surface area contributed by atoms with E-state index in [-0.39, 0.29) is 0 Å². The third-order valence-corrected chi connectivity index (χ3v) is 5.36. The lowest BCUT2D eigenvalue weighted by Crippen LogP contribution is -2.34. The van der Waals surface area contributed by atoms with E-state index in [1.54, 1.807) is 5.56 Å². The normalized spacial score (nSPS) is 26.9. The van der Waals surface area contributed by atoms with Crippen LogP contribution in [0.5, 0.6) is 0 Å². The van der Waals surface area contributed by atoms with Crippen molar-refractivity contribution in [1.82, 2.24) is 5.32 Å². The van der Waals surface area contributed by atoms with Crippen LogP contribution in [0, 0.1) is 31.1 Å². The quantitative estimate of drug-likeness (QED) is 0.818. The molecule has 3 unspecified atom stereocenters. The van der Waals surface area contributed by atoms with Gasteiger partial charge in [-0.1, -0.05) is 50.1 Å². The summed E-state index contributed by atoms with van der Waals surface area (Å²) < 4.78 is 0. The van der Waals surface area contributed by atoms with Crippen molar-refractivity contribution in [2.24, 2.45) is 17.3 Å². The van der Waals surface area contributed by atoms with Crippen LogP contribution in [0.4, 0.5) is 0 Å². The Bertz CT molecular complexity index is 449. The van der Waals surface area contributed by atoms with Crippen LogP contribution in [-0.2, 0) is 0 Å². The average Bonchev–Trinajstić information content (AvgIpc) is 2.37. The Morgan fingerprint density at radius 1 is 1.05 bits per heavy atom. The first-order chi connectivity index (χ1) is 9.81. The van der Waals surface area contributed by atoms with E-state index in [0.717, 1.165) is 18.4 Å².